The lowest BCUT2D eigenvalue weighted by Crippen LogP contribution is -2.21. The van der Waals surface area contributed by atoms with Gasteiger partial charge in [-0.2, -0.15) is 9.78 Å². The number of hydrogen-bond donors (Lipinski definition) is 2. The van der Waals surface area contributed by atoms with Gasteiger partial charge in [-0.25, -0.2) is 4.98 Å². The number of aromatic nitrogens is 4. The summed E-state index contributed by atoms with van der Waals surface area (Å²) in [6.07, 6.45) is 0. The van der Waals surface area contributed by atoms with Crippen LogP contribution in [0, 0.1) is 24.3 Å². The van der Waals surface area contributed by atoms with E-state index in [-0.39, 0.29) is 17.4 Å². The number of carbonyl (C=O) groups excluding carboxylic acids is 1. The van der Waals surface area contributed by atoms with Gasteiger partial charge in [0.15, 0.2) is 0 Å². The van der Waals surface area contributed by atoms with Gasteiger partial charge in [0, 0.05) is 20.9 Å². The molecule has 8 heteroatoms. The Labute approximate surface area is 157 Å². The molecule has 0 radical (unpaired) electrons. The molecule has 0 aliphatic rings. The second-order valence-electron chi connectivity index (χ2n) is 5.62. The molecule has 0 bridgehead atoms. The molecule has 1 amide bonds. The van der Waals surface area contributed by atoms with Crippen LogP contribution < -0.4 is 10.9 Å². The molecule has 2 heterocycles. The van der Waals surface area contributed by atoms with Gasteiger partial charge in [0.2, 0.25) is 5.95 Å². The maximum atomic E-state index is 12.6. The van der Waals surface area contributed by atoms with Crippen LogP contribution in [0.15, 0.2) is 35.1 Å². The summed E-state index contributed by atoms with van der Waals surface area (Å²) in [5.41, 5.74) is 2.19. The number of anilines is 1. The number of benzene rings is 1. The number of aromatic amines is 1. The third kappa shape index (κ3) is 3.48. The van der Waals surface area contributed by atoms with Crippen molar-refractivity contribution in [1.82, 2.24) is 19.7 Å². The summed E-state index contributed by atoms with van der Waals surface area (Å²) >= 11 is 2.11. The summed E-state index contributed by atoms with van der Waals surface area (Å²) in [6.45, 7) is 5.27. The Hall–Kier alpha value is -2.49. The molecule has 0 saturated heterocycles. The van der Waals surface area contributed by atoms with Crippen LogP contribution in [-0.2, 0) is 0 Å². The van der Waals surface area contributed by atoms with E-state index in [1.54, 1.807) is 32.9 Å². The maximum Gasteiger partial charge on any atom is 0.257 e. The molecule has 0 spiro atoms. The van der Waals surface area contributed by atoms with Gasteiger partial charge in [-0.1, -0.05) is 12.1 Å². The molecular formula is C17H16IN5O2. The molecule has 0 fully saturated rings. The van der Waals surface area contributed by atoms with Crippen molar-refractivity contribution < 1.29 is 4.79 Å². The predicted octanol–water partition coefficient (Wildman–Crippen LogP) is 2.74. The highest BCUT2D eigenvalue weighted by molar-refractivity contribution is 14.1. The quantitative estimate of drug-likeness (QED) is 0.602. The SMILES string of the molecule is Cc1cc(NC(=O)c2ccccc2I)n(-c2nc(C)c(C)c(=O)[nH]2)n1. The zero-order valence-corrected chi connectivity index (χ0v) is 16.1. The summed E-state index contributed by atoms with van der Waals surface area (Å²) in [5.74, 6) is 0.449. The number of nitrogens with zero attached hydrogens (tertiary/aromatic N) is 3. The topological polar surface area (TPSA) is 92.7 Å². The van der Waals surface area contributed by atoms with E-state index in [4.69, 9.17) is 0 Å². The summed E-state index contributed by atoms with van der Waals surface area (Å²) in [5, 5.41) is 7.16. The van der Waals surface area contributed by atoms with E-state index < -0.39 is 0 Å². The van der Waals surface area contributed by atoms with Gasteiger partial charge >= 0.3 is 0 Å². The number of rotatable bonds is 3. The van der Waals surface area contributed by atoms with Crippen LogP contribution in [0.1, 0.15) is 27.3 Å². The highest BCUT2D eigenvalue weighted by atomic mass is 127. The van der Waals surface area contributed by atoms with Crippen molar-refractivity contribution >= 4 is 34.3 Å². The highest BCUT2D eigenvalue weighted by Gasteiger charge is 2.16. The molecule has 3 aromatic rings. The summed E-state index contributed by atoms with van der Waals surface area (Å²) < 4.78 is 2.27. The fourth-order valence-corrected chi connectivity index (χ4v) is 2.94. The number of halogens is 1. The number of amides is 1. The number of carbonyl (C=O) groups is 1. The van der Waals surface area contributed by atoms with E-state index in [2.05, 4.69) is 43.0 Å². The summed E-state index contributed by atoms with van der Waals surface area (Å²) in [6, 6.07) is 9.02. The minimum Gasteiger partial charge on any atom is -0.306 e. The third-order valence-electron chi connectivity index (χ3n) is 3.77. The zero-order chi connectivity index (χ0) is 18.1. The first-order chi connectivity index (χ1) is 11.9. The third-order valence-corrected chi connectivity index (χ3v) is 4.72. The Morgan fingerprint density at radius 2 is 1.96 bits per heavy atom. The Morgan fingerprint density at radius 1 is 1.24 bits per heavy atom. The first-order valence-corrected chi connectivity index (χ1v) is 8.65. The standard InChI is InChI=1S/C17H16IN5O2/c1-9-8-14(20-16(25)12-6-4-5-7-13(12)18)23(22-9)17-19-11(3)10(2)15(24)21-17/h4-8H,1-3H3,(H,20,25)(H,19,21,24). The van der Waals surface area contributed by atoms with E-state index in [9.17, 15) is 9.59 Å². The van der Waals surface area contributed by atoms with Crippen molar-refractivity contribution in [2.24, 2.45) is 0 Å². The van der Waals surface area contributed by atoms with Crippen molar-refractivity contribution in [2.75, 3.05) is 5.32 Å². The Bertz CT molecular complexity index is 1020. The van der Waals surface area contributed by atoms with Crippen molar-refractivity contribution in [3.63, 3.8) is 0 Å². The fourth-order valence-electron chi connectivity index (χ4n) is 2.31. The second kappa shape index (κ2) is 6.79. The first kappa shape index (κ1) is 17.3. The molecule has 0 saturated carbocycles. The first-order valence-electron chi connectivity index (χ1n) is 7.57. The number of H-pyrrole nitrogens is 1. The van der Waals surface area contributed by atoms with Crippen LogP contribution in [0.3, 0.4) is 0 Å². The molecule has 3 rings (SSSR count). The molecule has 7 nitrogen and oxygen atoms in total. The van der Waals surface area contributed by atoms with E-state index in [1.165, 1.54) is 4.68 Å². The van der Waals surface area contributed by atoms with Gasteiger partial charge in [0.05, 0.1) is 11.3 Å². The average molecular weight is 449 g/mol. The van der Waals surface area contributed by atoms with Gasteiger partial charge in [0.25, 0.3) is 11.5 Å². The molecule has 1 aromatic carbocycles. The number of hydrogen-bond acceptors (Lipinski definition) is 4. The van der Waals surface area contributed by atoms with Gasteiger partial charge in [-0.05, 0) is 55.5 Å². The van der Waals surface area contributed by atoms with E-state index >= 15 is 0 Å². The zero-order valence-electron chi connectivity index (χ0n) is 13.9. The molecule has 0 unspecified atom stereocenters. The second-order valence-corrected chi connectivity index (χ2v) is 6.78. The molecule has 128 valence electrons. The molecule has 25 heavy (non-hydrogen) atoms. The minimum absolute atomic E-state index is 0.231. The highest BCUT2D eigenvalue weighted by Crippen LogP contribution is 2.18. The minimum atomic E-state index is -0.252. The van der Waals surface area contributed by atoms with E-state index in [0.717, 1.165) is 3.57 Å². The molecule has 0 atom stereocenters. The Balaban J connectivity index is 2.01. The van der Waals surface area contributed by atoms with Crippen molar-refractivity contribution in [3.05, 3.63) is 66.8 Å². The predicted molar refractivity (Wildman–Crippen MR) is 103 cm³/mol. The number of aryl methyl sites for hydroxylation is 2. The molecule has 0 aliphatic carbocycles. The lowest BCUT2D eigenvalue weighted by molar-refractivity contribution is 0.102. The number of nitrogens with one attached hydrogen (secondary N) is 2. The van der Waals surface area contributed by atoms with Crippen LogP contribution >= 0.6 is 22.6 Å². The van der Waals surface area contributed by atoms with E-state index in [1.807, 2.05) is 18.2 Å². The normalized spacial score (nSPS) is 10.7. The largest absolute Gasteiger partial charge is 0.306 e. The van der Waals surface area contributed by atoms with Crippen molar-refractivity contribution in [3.8, 4) is 5.95 Å². The van der Waals surface area contributed by atoms with E-state index in [0.29, 0.717) is 28.3 Å². The molecule has 2 N–H and O–H groups in total. The van der Waals surface area contributed by atoms with Crippen molar-refractivity contribution in [2.45, 2.75) is 20.8 Å². The van der Waals surface area contributed by atoms with Crippen LogP contribution in [0.5, 0.6) is 0 Å². The molecular weight excluding hydrogens is 433 g/mol. The van der Waals surface area contributed by atoms with Gasteiger partial charge in [0.1, 0.15) is 5.82 Å². The van der Waals surface area contributed by atoms with Crippen LogP contribution in [-0.4, -0.2) is 25.7 Å². The van der Waals surface area contributed by atoms with Crippen molar-refractivity contribution in [1.29, 1.82) is 0 Å². The smallest absolute Gasteiger partial charge is 0.257 e. The van der Waals surface area contributed by atoms with Crippen LogP contribution in [0.2, 0.25) is 0 Å². The van der Waals surface area contributed by atoms with Gasteiger partial charge in [-0.3, -0.25) is 14.6 Å². The lowest BCUT2D eigenvalue weighted by atomic mass is 10.2. The Kier molecular flexibility index (Phi) is 4.71. The monoisotopic (exact) mass is 449 g/mol. The molecule has 2 aromatic heterocycles. The summed E-state index contributed by atoms with van der Waals surface area (Å²) in [7, 11) is 0. The average Bonchev–Trinajstić information content (AvgIpc) is 2.93. The summed E-state index contributed by atoms with van der Waals surface area (Å²) in [4.78, 5) is 31.6. The van der Waals surface area contributed by atoms with Gasteiger partial charge in [-0.15, -0.1) is 0 Å². The maximum absolute atomic E-state index is 12.6. The fraction of sp³-hybridized carbons (Fsp3) is 0.176. The van der Waals surface area contributed by atoms with Gasteiger partial charge < -0.3 is 5.32 Å². The van der Waals surface area contributed by atoms with Crippen LogP contribution in [0.25, 0.3) is 5.95 Å². The molecule has 0 aliphatic heterocycles. The Morgan fingerprint density at radius 3 is 2.64 bits per heavy atom. The lowest BCUT2D eigenvalue weighted by Gasteiger charge is -2.10. The van der Waals surface area contributed by atoms with Crippen LogP contribution in [0.4, 0.5) is 5.82 Å².